The minimum Gasteiger partial charge on any atom is -0.369 e. The minimum absolute atomic E-state index is 0.0354. The molecular weight excluding hydrogens is 494 g/mol. The molecule has 4 heteroatoms. The van der Waals surface area contributed by atoms with Crippen molar-refractivity contribution >= 4 is 5.78 Å². The van der Waals surface area contributed by atoms with Gasteiger partial charge in [-0.15, -0.1) is 0 Å². The highest BCUT2D eigenvalue weighted by molar-refractivity contribution is 5.79. The lowest BCUT2D eigenvalue weighted by molar-refractivity contribution is -0.129. The Balaban J connectivity index is 1.09. The lowest BCUT2D eigenvalue weighted by atomic mass is 9.52. The molecule has 3 saturated carbocycles. The van der Waals surface area contributed by atoms with E-state index >= 15 is 0 Å². The van der Waals surface area contributed by atoms with E-state index < -0.39 is 0 Å². The van der Waals surface area contributed by atoms with Gasteiger partial charge in [0.05, 0.1) is 25.0 Å². The van der Waals surface area contributed by atoms with E-state index in [0.717, 1.165) is 50.0 Å². The molecule has 4 nitrogen and oxygen atoms in total. The number of hydrogen-bond acceptors (Lipinski definition) is 4. The van der Waals surface area contributed by atoms with Gasteiger partial charge in [-0.1, -0.05) is 62.2 Å². The van der Waals surface area contributed by atoms with Crippen LogP contribution in [0.4, 0.5) is 0 Å². The molecule has 5 fully saturated rings. The zero-order valence-corrected chi connectivity index (χ0v) is 25.4. The van der Waals surface area contributed by atoms with Gasteiger partial charge in [0, 0.05) is 31.3 Å². The summed E-state index contributed by atoms with van der Waals surface area (Å²) in [5.41, 5.74) is 5.03. The molecule has 2 heterocycles. The van der Waals surface area contributed by atoms with E-state index in [9.17, 15) is 4.79 Å². The molecule has 0 amide bonds. The number of rotatable bonds is 4. The van der Waals surface area contributed by atoms with Crippen molar-refractivity contribution in [2.24, 2.45) is 40.9 Å². The van der Waals surface area contributed by atoms with Crippen LogP contribution in [0, 0.1) is 40.9 Å². The second kappa shape index (κ2) is 10.3. The summed E-state index contributed by atoms with van der Waals surface area (Å²) in [5, 5.41) is 0. The fraction of sp³-hybridized carbons (Fsp3) is 0.750. The Morgan fingerprint density at radius 1 is 1.07 bits per heavy atom. The molecular formula is C36H51NO3. The molecule has 40 heavy (non-hydrogen) atoms. The van der Waals surface area contributed by atoms with Crippen LogP contribution in [0.1, 0.15) is 97.5 Å². The van der Waals surface area contributed by atoms with Crippen molar-refractivity contribution in [2.75, 3.05) is 13.3 Å². The van der Waals surface area contributed by atoms with E-state index in [1.54, 1.807) is 11.1 Å². The number of nitrogens with zero attached hydrogens (tertiary/aromatic N) is 1. The van der Waals surface area contributed by atoms with E-state index in [-0.39, 0.29) is 5.60 Å². The van der Waals surface area contributed by atoms with Crippen LogP contribution in [0.15, 0.2) is 41.5 Å². The molecule has 4 aliphatic carbocycles. The largest absolute Gasteiger partial charge is 0.369 e. The number of carbonyl (C=O) groups excluding carboxylic acids is 1. The Hall–Kier alpha value is -1.49. The highest BCUT2D eigenvalue weighted by atomic mass is 16.5. The van der Waals surface area contributed by atoms with E-state index in [0.29, 0.717) is 54.4 Å². The van der Waals surface area contributed by atoms with E-state index in [1.807, 2.05) is 0 Å². The number of likely N-dealkylation sites (tertiary alicyclic amines) is 1. The predicted octanol–water partition coefficient (Wildman–Crippen LogP) is 7.57. The molecule has 6 aliphatic rings. The van der Waals surface area contributed by atoms with Crippen molar-refractivity contribution < 1.29 is 14.3 Å². The first-order valence-corrected chi connectivity index (χ1v) is 16.5. The monoisotopic (exact) mass is 545 g/mol. The number of benzene rings is 1. The topological polar surface area (TPSA) is 38.8 Å². The number of ether oxygens (including phenoxy) is 2. The number of fused-ring (bicyclic) bond motifs is 6. The maximum absolute atomic E-state index is 12.3. The van der Waals surface area contributed by atoms with Crippen LogP contribution in [0.3, 0.4) is 0 Å². The minimum atomic E-state index is -0.0354. The number of hydrogen-bond donors (Lipinski definition) is 0. The predicted molar refractivity (Wildman–Crippen MR) is 158 cm³/mol. The smallest absolute Gasteiger partial charge is 0.133 e. The van der Waals surface area contributed by atoms with Crippen LogP contribution in [-0.2, 0) is 20.9 Å². The molecule has 0 bridgehead atoms. The molecule has 0 unspecified atom stereocenters. The molecule has 0 N–H and O–H groups in total. The van der Waals surface area contributed by atoms with Crippen molar-refractivity contribution in [1.82, 2.24) is 4.90 Å². The lowest BCUT2D eigenvalue weighted by Gasteiger charge is -2.52. The fourth-order valence-corrected chi connectivity index (χ4v) is 11.0. The van der Waals surface area contributed by atoms with Crippen molar-refractivity contribution in [2.45, 2.75) is 116 Å². The van der Waals surface area contributed by atoms with Crippen molar-refractivity contribution in [1.29, 1.82) is 0 Å². The van der Waals surface area contributed by atoms with Gasteiger partial charge in [0.1, 0.15) is 5.78 Å². The van der Waals surface area contributed by atoms with Crippen LogP contribution in [0.25, 0.3) is 0 Å². The summed E-state index contributed by atoms with van der Waals surface area (Å²) in [6.45, 7) is 12.4. The standard InChI is InChI=1S/C36H51NO3/c1-23-16-33-34(37(20-23)22-39-21-26-8-6-5-7-9-26)25(3)36(40-33)15-13-29-30-11-10-27-17-28(38)12-14-35(27,4)32(30)18-31(29)24(2)19-36/h5-9,23,25,27,29-30,32-34H,10-22H2,1-4H3/t23-,25+,27+,29-,30-,32-,33+,34-,35-,36-/m0/s1. The quantitative estimate of drug-likeness (QED) is 0.366. The molecule has 0 aromatic heterocycles. The average molecular weight is 546 g/mol. The number of carbonyl (C=O) groups is 1. The second-order valence-corrected chi connectivity index (χ2v) is 15.2. The van der Waals surface area contributed by atoms with Gasteiger partial charge in [-0.05, 0) is 98.9 Å². The van der Waals surface area contributed by atoms with Gasteiger partial charge in [-0.2, -0.15) is 0 Å². The van der Waals surface area contributed by atoms with Gasteiger partial charge < -0.3 is 9.47 Å². The van der Waals surface area contributed by atoms with Gasteiger partial charge in [-0.25, -0.2) is 0 Å². The molecule has 2 aliphatic heterocycles. The summed E-state index contributed by atoms with van der Waals surface area (Å²) >= 11 is 0. The first-order chi connectivity index (χ1) is 19.3. The Bertz CT molecular complexity index is 1150. The van der Waals surface area contributed by atoms with Gasteiger partial charge in [-0.3, -0.25) is 9.69 Å². The third-order valence-corrected chi connectivity index (χ3v) is 13.0. The number of ketones is 1. The molecule has 0 radical (unpaired) electrons. The zero-order valence-electron chi connectivity index (χ0n) is 25.4. The Morgan fingerprint density at radius 3 is 2.73 bits per heavy atom. The van der Waals surface area contributed by atoms with Crippen molar-refractivity contribution in [3.63, 3.8) is 0 Å². The second-order valence-electron chi connectivity index (χ2n) is 15.2. The van der Waals surface area contributed by atoms with E-state index in [4.69, 9.17) is 9.47 Å². The van der Waals surface area contributed by atoms with Crippen LogP contribution in [0.2, 0.25) is 0 Å². The highest BCUT2D eigenvalue weighted by Crippen LogP contribution is 2.65. The molecule has 7 rings (SSSR count). The lowest BCUT2D eigenvalue weighted by Crippen LogP contribution is -2.52. The first kappa shape index (κ1) is 27.3. The maximum Gasteiger partial charge on any atom is 0.133 e. The molecule has 10 atom stereocenters. The zero-order chi connectivity index (χ0) is 27.6. The number of Topliss-reactive ketones (excluding diaryl/α,β-unsaturated/α-hetero) is 1. The molecule has 218 valence electrons. The highest BCUT2D eigenvalue weighted by Gasteiger charge is 2.60. The summed E-state index contributed by atoms with van der Waals surface area (Å²) in [4.78, 5) is 14.9. The first-order valence-electron chi connectivity index (χ1n) is 16.5. The Morgan fingerprint density at radius 2 is 1.90 bits per heavy atom. The van der Waals surface area contributed by atoms with Crippen LogP contribution >= 0.6 is 0 Å². The Labute approximate surface area is 242 Å². The summed E-state index contributed by atoms with van der Waals surface area (Å²) in [6, 6.07) is 11.0. The summed E-state index contributed by atoms with van der Waals surface area (Å²) in [5.74, 6) is 4.63. The van der Waals surface area contributed by atoms with Crippen LogP contribution in [-0.4, -0.2) is 41.7 Å². The summed E-state index contributed by atoms with van der Waals surface area (Å²) in [7, 11) is 0. The number of allylic oxidation sites excluding steroid dienone is 1. The number of piperidine rings is 1. The van der Waals surface area contributed by atoms with Gasteiger partial charge in [0.25, 0.3) is 0 Å². The van der Waals surface area contributed by atoms with E-state index in [1.165, 1.54) is 44.1 Å². The molecule has 2 saturated heterocycles. The van der Waals surface area contributed by atoms with Crippen molar-refractivity contribution in [3.8, 4) is 0 Å². The third-order valence-electron chi connectivity index (χ3n) is 13.0. The van der Waals surface area contributed by atoms with Gasteiger partial charge in [0.2, 0.25) is 0 Å². The molecule has 1 aromatic carbocycles. The summed E-state index contributed by atoms with van der Waals surface area (Å²) in [6.07, 6.45) is 11.8. The Kier molecular flexibility index (Phi) is 7.08. The van der Waals surface area contributed by atoms with Gasteiger partial charge in [0.15, 0.2) is 0 Å². The normalized spacial score (nSPS) is 45.1. The van der Waals surface area contributed by atoms with Crippen molar-refractivity contribution in [3.05, 3.63) is 47.0 Å². The average Bonchev–Trinajstić information content (AvgIpc) is 3.39. The van der Waals surface area contributed by atoms with Crippen LogP contribution in [0.5, 0.6) is 0 Å². The molecule has 1 aromatic rings. The summed E-state index contributed by atoms with van der Waals surface area (Å²) < 4.78 is 13.6. The van der Waals surface area contributed by atoms with Gasteiger partial charge >= 0.3 is 0 Å². The van der Waals surface area contributed by atoms with Crippen LogP contribution < -0.4 is 0 Å². The molecule has 1 spiro atoms. The SMILES string of the molecule is CC1=C2C[C@H]3[C@@H](CC[C@@H]4CC(=O)CC[C@@]43C)[C@@H]2CC[C@@]2(C1)O[C@@H]1C[C@H](C)CN(COCc3ccccc3)[C@H]1[C@H]2C. The maximum atomic E-state index is 12.3. The third kappa shape index (κ3) is 4.47. The fourth-order valence-electron chi connectivity index (χ4n) is 11.0. The van der Waals surface area contributed by atoms with E-state index in [2.05, 4.69) is 62.9 Å².